The van der Waals surface area contributed by atoms with Crippen LogP contribution < -0.4 is 0 Å². The van der Waals surface area contributed by atoms with E-state index in [9.17, 15) is 0 Å². The summed E-state index contributed by atoms with van der Waals surface area (Å²) < 4.78 is 2.04. The van der Waals surface area contributed by atoms with E-state index in [2.05, 4.69) is 25.8 Å². The molecule has 0 radical (unpaired) electrons. The van der Waals surface area contributed by atoms with E-state index >= 15 is 0 Å². The first kappa shape index (κ1) is 9.26. The third-order valence-corrected chi connectivity index (χ3v) is 2.36. The number of imidazole rings is 1. The van der Waals surface area contributed by atoms with E-state index in [1.807, 2.05) is 10.8 Å². The summed E-state index contributed by atoms with van der Waals surface area (Å²) in [6.07, 6.45) is 4.72. The van der Waals surface area contributed by atoms with Gasteiger partial charge in [0.2, 0.25) is 0 Å². The number of aliphatic hydroxyl groups excluding tert-OH is 1. The number of aromatic nitrogens is 2. The maximum Gasteiger partial charge on any atom is 0.0955 e. The molecule has 0 aliphatic carbocycles. The van der Waals surface area contributed by atoms with Crippen LogP contribution in [-0.2, 0) is 12.1 Å². The van der Waals surface area contributed by atoms with Crippen LogP contribution in [0.2, 0.25) is 0 Å². The van der Waals surface area contributed by atoms with Crippen LogP contribution in [0.1, 0.15) is 32.9 Å². The second-order valence-corrected chi connectivity index (χ2v) is 3.60. The molecule has 0 aliphatic heterocycles. The molecule has 1 aromatic heterocycles. The van der Waals surface area contributed by atoms with Gasteiger partial charge in [0.05, 0.1) is 18.6 Å². The Labute approximate surface area is 73.1 Å². The Morgan fingerprint density at radius 3 is 2.67 bits per heavy atom. The van der Waals surface area contributed by atoms with Gasteiger partial charge < -0.3 is 9.67 Å². The van der Waals surface area contributed by atoms with Gasteiger partial charge in [-0.25, -0.2) is 4.98 Å². The third kappa shape index (κ3) is 1.67. The van der Waals surface area contributed by atoms with E-state index < -0.39 is 0 Å². The quantitative estimate of drug-likeness (QED) is 0.743. The molecule has 0 aliphatic rings. The van der Waals surface area contributed by atoms with Crippen LogP contribution in [0.5, 0.6) is 0 Å². The summed E-state index contributed by atoms with van der Waals surface area (Å²) in [6, 6.07) is 0. The Kier molecular flexibility index (Phi) is 2.52. The number of hydrogen-bond donors (Lipinski definition) is 1. The van der Waals surface area contributed by atoms with Gasteiger partial charge in [-0.15, -0.1) is 0 Å². The molecule has 0 amide bonds. The minimum atomic E-state index is 0.0206. The summed E-state index contributed by atoms with van der Waals surface area (Å²) in [5.41, 5.74) is 0.831. The summed E-state index contributed by atoms with van der Waals surface area (Å²) in [5.74, 6) is 0. The monoisotopic (exact) mass is 168 g/mol. The SMILES string of the molecule is CCC(C)(C)n1cnc(CO)c1. The van der Waals surface area contributed by atoms with Crippen molar-refractivity contribution >= 4 is 0 Å². The molecule has 0 bridgehead atoms. The normalized spacial score (nSPS) is 12.0. The zero-order chi connectivity index (χ0) is 9.19. The lowest BCUT2D eigenvalue weighted by Gasteiger charge is -2.24. The fraction of sp³-hybridized carbons (Fsp3) is 0.667. The highest BCUT2D eigenvalue weighted by molar-refractivity contribution is 4.98. The molecule has 3 heteroatoms. The summed E-state index contributed by atoms with van der Waals surface area (Å²) in [4.78, 5) is 4.06. The topological polar surface area (TPSA) is 38.0 Å². The molecule has 0 saturated heterocycles. The van der Waals surface area contributed by atoms with Crippen molar-refractivity contribution in [2.24, 2.45) is 0 Å². The second-order valence-electron chi connectivity index (χ2n) is 3.60. The summed E-state index contributed by atoms with van der Waals surface area (Å²) in [7, 11) is 0. The minimum absolute atomic E-state index is 0.0206. The highest BCUT2D eigenvalue weighted by atomic mass is 16.3. The lowest BCUT2D eigenvalue weighted by atomic mass is 10.0. The van der Waals surface area contributed by atoms with Crippen molar-refractivity contribution in [3.63, 3.8) is 0 Å². The summed E-state index contributed by atoms with van der Waals surface area (Å²) in [6.45, 7) is 6.46. The first-order chi connectivity index (χ1) is 5.60. The fourth-order valence-corrected chi connectivity index (χ4v) is 0.959. The van der Waals surface area contributed by atoms with Crippen molar-refractivity contribution in [2.45, 2.75) is 39.3 Å². The molecular formula is C9H16N2O. The van der Waals surface area contributed by atoms with Crippen molar-refractivity contribution in [3.8, 4) is 0 Å². The average molecular weight is 168 g/mol. The standard InChI is InChI=1S/C9H16N2O/c1-4-9(2,3)11-5-8(6-12)10-7-11/h5,7,12H,4,6H2,1-3H3. The van der Waals surface area contributed by atoms with Crippen LogP contribution in [0, 0.1) is 0 Å². The molecular weight excluding hydrogens is 152 g/mol. The largest absolute Gasteiger partial charge is 0.390 e. The molecule has 0 atom stereocenters. The van der Waals surface area contributed by atoms with Gasteiger partial charge in [0.15, 0.2) is 0 Å². The molecule has 1 heterocycles. The van der Waals surface area contributed by atoms with Crippen LogP contribution in [-0.4, -0.2) is 14.7 Å². The molecule has 12 heavy (non-hydrogen) atoms. The van der Waals surface area contributed by atoms with Crippen LogP contribution in [0.25, 0.3) is 0 Å². The van der Waals surface area contributed by atoms with Crippen molar-refractivity contribution < 1.29 is 5.11 Å². The Balaban J connectivity index is 2.88. The predicted octanol–water partition coefficient (Wildman–Crippen LogP) is 1.52. The molecule has 3 nitrogen and oxygen atoms in total. The van der Waals surface area contributed by atoms with E-state index in [0.717, 1.165) is 12.1 Å². The zero-order valence-electron chi connectivity index (χ0n) is 7.91. The first-order valence-corrected chi connectivity index (χ1v) is 4.24. The highest BCUT2D eigenvalue weighted by Gasteiger charge is 2.16. The molecule has 1 aromatic rings. The highest BCUT2D eigenvalue weighted by Crippen LogP contribution is 2.18. The summed E-state index contributed by atoms with van der Waals surface area (Å²) >= 11 is 0. The molecule has 0 saturated carbocycles. The Bertz CT molecular complexity index is 253. The summed E-state index contributed by atoms with van der Waals surface area (Å²) in [5, 5.41) is 8.81. The third-order valence-electron chi connectivity index (χ3n) is 2.36. The second kappa shape index (κ2) is 3.27. The fourth-order valence-electron chi connectivity index (χ4n) is 0.959. The predicted molar refractivity (Wildman–Crippen MR) is 47.8 cm³/mol. The number of aliphatic hydroxyl groups is 1. The van der Waals surface area contributed by atoms with Gasteiger partial charge in [-0.1, -0.05) is 6.92 Å². The Morgan fingerprint density at radius 1 is 1.58 bits per heavy atom. The van der Waals surface area contributed by atoms with Gasteiger partial charge in [-0.3, -0.25) is 0 Å². The van der Waals surface area contributed by atoms with Gasteiger partial charge in [0.25, 0.3) is 0 Å². The Morgan fingerprint density at radius 2 is 2.25 bits per heavy atom. The van der Waals surface area contributed by atoms with Crippen molar-refractivity contribution in [1.29, 1.82) is 0 Å². The number of hydrogen-bond acceptors (Lipinski definition) is 2. The van der Waals surface area contributed by atoms with E-state index in [1.54, 1.807) is 6.33 Å². The lowest BCUT2D eigenvalue weighted by molar-refractivity contribution is 0.276. The lowest BCUT2D eigenvalue weighted by Crippen LogP contribution is -2.23. The Hall–Kier alpha value is -0.830. The number of rotatable bonds is 3. The molecule has 0 aromatic carbocycles. The van der Waals surface area contributed by atoms with Crippen molar-refractivity contribution in [1.82, 2.24) is 9.55 Å². The van der Waals surface area contributed by atoms with Crippen molar-refractivity contribution in [2.75, 3.05) is 0 Å². The van der Waals surface area contributed by atoms with Crippen LogP contribution in [0.15, 0.2) is 12.5 Å². The zero-order valence-corrected chi connectivity index (χ0v) is 7.91. The first-order valence-electron chi connectivity index (χ1n) is 4.24. The molecule has 0 spiro atoms. The molecule has 1 rings (SSSR count). The minimum Gasteiger partial charge on any atom is -0.390 e. The van der Waals surface area contributed by atoms with Gasteiger partial charge >= 0.3 is 0 Å². The van der Waals surface area contributed by atoms with E-state index in [0.29, 0.717) is 0 Å². The molecule has 68 valence electrons. The van der Waals surface area contributed by atoms with E-state index in [4.69, 9.17) is 5.11 Å². The van der Waals surface area contributed by atoms with Gasteiger partial charge in [0.1, 0.15) is 0 Å². The molecule has 1 N–H and O–H groups in total. The van der Waals surface area contributed by atoms with Crippen LogP contribution in [0.4, 0.5) is 0 Å². The van der Waals surface area contributed by atoms with E-state index in [-0.39, 0.29) is 12.1 Å². The van der Waals surface area contributed by atoms with Crippen LogP contribution in [0.3, 0.4) is 0 Å². The number of nitrogens with zero attached hydrogens (tertiary/aromatic N) is 2. The van der Waals surface area contributed by atoms with Crippen molar-refractivity contribution in [3.05, 3.63) is 18.2 Å². The van der Waals surface area contributed by atoms with Gasteiger partial charge in [0, 0.05) is 11.7 Å². The van der Waals surface area contributed by atoms with E-state index in [1.165, 1.54) is 0 Å². The maximum absolute atomic E-state index is 8.81. The molecule has 0 unspecified atom stereocenters. The molecule has 0 fully saturated rings. The maximum atomic E-state index is 8.81. The van der Waals surface area contributed by atoms with Gasteiger partial charge in [-0.2, -0.15) is 0 Å². The average Bonchev–Trinajstić information content (AvgIpc) is 2.52. The van der Waals surface area contributed by atoms with Crippen LogP contribution >= 0.6 is 0 Å². The smallest absolute Gasteiger partial charge is 0.0955 e. The van der Waals surface area contributed by atoms with Gasteiger partial charge in [-0.05, 0) is 20.3 Å².